The van der Waals surface area contributed by atoms with Gasteiger partial charge in [0.2, 0.25) is 0 Å². The van der Waals surface area contributed by atoms with E-state index in [4.69, 9.17) is 0 Å². The van der Waals surface area contributed by atoms with Crippen LogP contribution in [0.25, 0.3) is 0 Å². The van der Waals surface area contributed by atoms with E-state index < -0.39 is 0 Å². The zero-order chi connectivity index (χ0) is 9.64. The van der Waals surface area contributed by atoms with Crippen LogP contribution in [0, 0.1) is 41.5 Å². The predicted octanol–water partition coefficient (Wildman–Crippen LogP) is 6.28. The van der Waals surface area contributed by atoms with E-state index >= 15 is 0 Å². The first-order valence-electron chi connectivity index (χ1n) is 6.32. The van der Waals surface area contributed by atoms with Crippen LogP contribution < -0.4 is 0 Å². The van der Waals surface area contributed by atoms with Crippen molar-refractivity contribution in [1.29, 1.82) is 0 Å². The standard InChI is InChI=1S/C9H12.C5H10.4CH3.Zr/c1-2-5-9-7-3-6-8(9)4-1;1-2-4-5-3-1;;;;;/h1-2,4-5,8-9H,3,6-7H2;1-5H2;4*1H3;/q;;4*-1;+4. The second kappa shape index (κ2) is 16.4. The summed E-state index contributed by atoms with van der Waals surface area (Å²) in [4.78, 5) is 0. The molecule has 2 unspecified atom stereocenters. The van der Waals surface area contributed by atoms with E-state index in [2.05, 4.69) is 24.3 Å². The molecule has 0 bridgehead atoms. The van der Waals surface area contributed by atoms with Gasteiger partial charge in [-0.05, 0) is 24.7 Å². The topological polar surface area (TPSA) is 0 Å². The minimum atomic E-state index is 0. The smallest absolute Gasteiger partial charge is 0.358 e. The fourth-order valence-corrected chi connectivity index (χ4v) is 2.79. The molecular formula is C18H34Zr. The summed E-state index contributed by atoms with van der Waals surface area (Å²) in [6, 6.07) is 0. The quantitative estimate of drug-likeness (QED) is 0.455. The predicted molar refractivity (Wildman–Crippen MR) is 87.9 cm³/mol. The Morgan fingerprint density at radius 3 is 1.16 bits per heavy atom. The minimum absolute atomic E-state index is 0. The van der Waals surface area contributed by atoms with Gasteiger partial charge in [0.05, 0.1) is 0 Å². The SMILES string of the molecule is C1=CC2CCCC2C=C1.C1CCCC1.[CH3-].[CH3-].[CH3-].[CH3-].[Zr+4]. The van der Waals surface area contributed by atoms with Gasteiger partial charge in [-0.3, -0.25) is 0 Å². The maximum atomic E-state index is 2.36. The Labute approximate surface area is 143 Å². The first-order chi connectivity index (χ1) is 6.97. The van der Waals surface area contributed by atoms with Crippen LogP contribution in [0.3, 0.4) is 0 Å². The first-order valence-corrected chi connectivity index (χ1v) is 6.32. The van der Waals surface area contributed by atoms with Crippen molar-refractivity contribution >= 4 is 0 Å². The minimum Gasteiger partial charge on any atom is -0.358 e. The number of allylic oxidation sites excluding steroid dienone is 4. The Balaban J connectivity index is -0.000000102. The number of hydrogen-bond donors (Lipinski definition) is 0. The second-order valence-electron chi connectivity index (χ2n) is 4.80. The van der Waals surface area contributed by atoms with E-state index in [0.717, 1.165) is 11.8 Å². The van der Waals surface area contributed by atoms with Crippen LogP contribution in [0.15, 0.2) is 24.3 Å². The fraction of sp³-hybridized carbons (Fsp3) is 0.556. The van der Waals surface area contributed by atoms with Gasteiger partial charge >= 0.3 is 26.2 Å². The summed E-state index contributed by atoms with van der Waals surface area (Å²) < 4.78 is 0. The van der Waals surface area contributed by atoms with Gasteiger partial charge in [-0.25, -0.2) is 0 Å². The number of fused-ring (bicyclic) bond motifs is 1. The van der Waals surface area contributed by atoms with Crippen molar-refractivity contribution in [3.63, 3.8) is 0 Å². The van der Waals surface area contributed by atoms with E-state index in [9.17, 15) is 0 Å². The van der Waals surface area contributed by atoms with Crippen molar-refractivity contribution in [3.05, 3.63) is 54.0 Å². The van der Waals surface area contributed by atoms with Gasteiger partial charge in [0.25, 0.3) is 0 Å². The number of rotatable bonds is 0. The molecule has 0 N–H and O–H groups in total. The van der Waals surface area contributed by atoms with Gasteiger partial charge < -0.3 is 29.7 Å². The zero-order valence-electron chi connectivity index (χ0n) is 13.6. The van der Waals surface area contributed by atoms with Crippen molar-refractivity contribution in [2.24, 2.45) is 11.8 Å². The van der Waals surface area contributed by atoms with E-state index in [1.54, 1.807) is 0 Å². The summed E-state index contributed by atoms with van der Waals surface area (Å²) in [5.41, 5.74) is 0. The Bertz CT molecular complexity index is 188. The molecule has 19 heavy (non-hydrogen) atoms. The summed E-state index contributed by atoms with van der Waals surface area (Å²) in [6.45, 7) is 0. The summed E-state index contributed by atoms with van der Waals surface area (Å²) in [5, 5.41) is 0. The molecule has 0 aromatic heterocycles. The van der Waals surface area contributed by atoms with Gasteiger partial charge in [-0.1, -0.05) is 62.8 Å². The molecule has 0 aromatic rings. The van der Waals surface area contributed by atoms with Gasteiger partial charge in [0.1, 0.15) is 0 Å². The monoisotopic (exact) mass is 340 g/mol. The third kappa shape index (κ3) is 9.83. The molecule has 0 heterocycles. The molecule has 2 atom stereocenters. The molecular weight excluding hydrogens is 307 g/mol. The Morgan fingerprint density at radius 2 is 0.842 bits per heavy atom. The Morgan fingerprint density at radius 1 is 0.526 bits per heavy atom. The van der Waals surface area contributed by atoms with Crippen LogP contribution in [0.5, 0.6) is 0 Å². The normalized spacial score (nSPS) is 24.8. The van der Waals surface area contributed by atoms with Gasteiger partial charge in [-0.2, -0.15) is 0 Å². The fourth-order valence-electron chi connectivity index (χ4n) is 2.79. The maximum absolute atomic E-state index is 2.36. The van der Waals surface area contributed by atoms with Crippen molar-refractivity contribution in [1.82, 2.24) is 0 Å². The molecule has 0 nitrogen and oxygen atoms in total. The number of hydrogen-bond acceptors (Lipinski definition) is 0. The molecule has 3 rings (SSSR count). The van der Waals surface area contributed by atoms with Crippen LogP contribution in [-0.2, 0) is 26.2 Å². The third-order valence-corrected chi connectivity index (χ3v) is 3.70. The van der Waals surface area contributed by atoms with Crippen LogP contribution in [-0.4, -0.2) is 0 Å². The van der Waals surface area contributed by atoms with Gasteiger partial charge in [0, 0.05) is 0 Å². The summed E-state index contributed by atoms with van der Waals surface area (Å²) in [7, 11) is 0. The average Bonchev–Trinajstić information content (AvgIpc) is 2.92. The molecule has 2 fully saturated rings. The molecule has 0 saturated heterocycles. The molecule has 0 aromatic carbocycles. The molecule has 1 heteroatoms. The molecule has 0 radical (unpaired) electrons. The largest absolute Gasteiger partial charge is 4.00 e. The van der Waals surface area contributed by atoms with E-state index in [1.807, 2.05) is 0 Å². The molecule has 0 spiro atoms. The van der Waals surface area contributed by atoms with Crippen LogP contribution in [0.1, 0.15) is 51.4 Å². The Kier molecular flexibility index (Phi) is 23.9. The van der Waals surface area contributed by atoms with Crippen molar-refractivity contribution in [2.75, 3.05) is 0 Å². The third-order valence-electron chi connectivity index (χ3n) is 3.70. The molecule has 3 aliphatic carbocycles. The van der Waals surface area contributed by atoms with Crippen LogP contribution >= 0.6 is 0 Å². The molecule has 0 aliphatic heterocycles. The second-order valence-corrected chi connectivity index (χ2v) is 4.80. The van der Waals surface area contributed by atoms with Crippen LogP contribution in [0.4, 0.5) is 0 Å². The summed E-state index contributed by atoms with van der Waals surface area (Å²) >= 11 is 0. The Hall–Kier alpha value is 0.363. The molecule has 110 valence electrons. The first kappa shape index (κ1) is 27.7. The van der Waals surface area contributed by atoms with Crippen LogP contribution in [0.2, 0.25) is 0 Å². The zero-order valence-corrected chi connectivity index (χ0v) is 16.1. The van der Waals surface area contributed by atoms with Gasteiger partial charge in [-0.15, -0.1) is 0 Å². The van der Waals surface area contributed by atoms with Crippen molar-refractivity contribution < 1.29 is 26.2 Å². The van der Waals surface area contributed by atoms with Crippen molar-refractivity contribution in [3.8, 4) is 0 Å². The molecule has 3 aliphatic rings. The van der Waals surface area contributed by atoms with E-state index in [0.29, 0.717) is 0 Å². The summed E-state index contributed by atoms with van der Waals surface area (Å²) in [6.07, 6.45) is 20.9. The van der Waals surface area contributed by atoms with Gasteiger partial charge in [0.15, 0.2) is 0 Å². The maximum Gasteiger partial charge on any atom is 4.00 e. The average molecular weight is 342 g/mol. The molecule has 2 saturated carbocycles. The van der Waals surface area contributed by atoms with E-state index in [-0.39, 0.29) is 55.9 Å². The summed E-state index contributed by atoms with van der Waals surface area (Å²) in [5.74, 6) is 1.80. The van der Waals surface area contributed by atoms with Crippen molar-refractivity contribution in [2.45, 2.75) is 51.4 Å². The molecule has 0 amide bonds. The van der Waals surface area contributed by atoms with E-state index in [1.165, 1.54) is 51.4 Å².